The molecule has 0 radical (unpaired) electrons. The molecule has 0 heterocycles. The van der Waals surface area contributed by atoms with Gasteiger partial charge in [0.1, 0.15) is 17.4 Å². The number of nitrogens with two attached hydrogens (primary N) is 1. The fraction of sp³-hybridized carbons (Fsp3) is 0.294. The first kappa shape index (κ1) is 15.4. The van der Waals surface area contributed by atoms with Crippen molar-refractivity contribution in [2.45, 2.75) is 25.3 Å². The average molecular weight is 291 g/mol. The molecule has 4 heteroatoms. The van der Waals surface area contributed by atoms with Crippen LogP contribution in [0.2, 0.25) is 0 Å². The first-order valence-corrected chi connectivity index (χ1v) is 6.75. The molecule has 2 aromatic carbocycles. The number of hydrogen-bond donors (Lipinski definition) is 1. The second-order valence-corrected chi connectivity index (χ2v) is 5.59. The summed E-state index contributed by atoms with van der Waals surface area (Å²) in [5.74, 6) is -0.108. The van der Waals surface area contributed by atoms with Gasteiger partial charge in [-0.2, -0.15) is 0 Å². The van der Waals surface area contributed by atoms with Crippen LogP contribution in [0.25, 0.3) is 0 Å². The largest absolute Gasteiger partial charge is 0.497 e. The van der Waals surface area contributed by atoms with E-state index in [-0.39, 0.29) is 6.42 Å². The Kier molecular flexibility index (Phi) is 4.58. The summed E-state index contributed by atoms with van der Waals surface area (Å²) in [7, 11) is 1.61. The molecule has 0 aliphatic rings. The molecule has 21 heavy (non-hydrogen) atoms. The Hall–Kier alpha value is -1.94. The lowest BCUT2D eigenvalue weighted by Crippen LogP contribution is -2.41. The molecule has 2 aromatic rings. The zero-order valence-electron chi connectivity index (χ0n) is 12.2. The molecular formula is C17H19F2NO. The number of methoxy groups -OCH3 is 1. The molecule has 112 valence electrons. The normalized spacial score (nSPS) is 13.8. The first-order chi connectivity index (χ1) is 9.89. The van der Waals surface area contributed by atoms with Crippen molar-refractivity contribution in [1.82, 2.24) is 0 Å². The molecule has 0 saturated carbocycles. The molecule has 0 amide bonds. The van der Waals surface area contributed by atoms with Crippen LogP contribution in [-0.4, -0.2) is 12.6 Å². The van der Waals surface area contributed by atoms with Crippen molar-refractivity contribution in [2.75, 3.05) is 7.11 Å². The van der Waals surface area contributed by atoms with E-state index in [0.29, 0.717) is 12.0 Å². The van der Waals surface area contributed by atoms with Gasteiger partial charge in [-0.3, -0.25) is 0 Å². The fourth-order valence-corrected chi connectivity index (χ4v) is 2.39. The van der Waals surface area contributed by atoms with Crippen molar-refractivity contribution in [3.63, 3.8) is 0 Å². The minimum atomic E-state index is -0.663. The highest BCUT2D eigenvalue weighted by Gasteiger charge is 2.22. The van der Waals surface area contributed by atoms with Gasteiger partial charge in [-0.05, 0) is 61.2 Å². The van der Waals surface area contributed by atoms with Crippen molar-refractivity contribution >= 4 is 0 Å². The van der Waals surface area contributed by atoms with Gasteiger partial charge >= 0.3 is 0 Å². The van der Waals surface area contributed by atoms with Crippen LogP contribution in [0.5, 0.6) is 5.75 Å². The topological polar surface area (TPSA) is 35.2 Å². The quantitative estimate of drug-likeness (QED) is 0.915. The lowest BCUT2D eigenvalue weighted by Gasteiger charge is -2.25. The molecule has 1 unspecified atom stereocenters. The number of halogens is 2. The Bertz CT molecular complexity index is 609. The summed E-state index contributed by atoms with van der Waals surface area (Å²) in [6.45, 7) is 1.83. The number of rotatable bonds is 5. The van der Waals surface area contributed by atoms with Crippen LogP contribution in [-0.2, 0) is 12.8 Å². The minimum absolute atomic E-state index is 0.266. The molecule has 0 spiro atoms. The lowest BCUT2D eigenvalue weighted by atomic mass is 9.87. The van der Waals surface area contributed by atoms with E-state index in [1.165, 1.54) is 6.07 Å². The van der Waals surface area contributed by atoms with Crippen LogP contribution in [0.1, 0.15) is 18.1 Å². The van der Waals surface area contributed by atoms with Crippen LogP contribution in [0.3, 0.4) is 0 Å². The predicted molar refractivity (Wildman–Crippen MR) is 79.4 cm³/mol. The first-order valence-electron chi connectivity index (χ1n) is 6.75. The molecule has 2 N–H and O–H groups in total. The summed E-state index contributed by atoms with van der Waals surface area (Å²) in [6.07, 6.45) is 0.829. The summed E-state index contributed by atoms with van der Waals surface area (Å²) in [5, 5.41) is 0. The molecule has 0 aromatic heterocycles. The van der Waals surface area contributed by atoms with Crippen LogP contribution >= 0.6 is 0 Å². The van der Waals surface area contributed by atoms with Crippen molar-refractivity contribution in [3.8, 4) is 5.75 Å². The van der Waals surface area contributed by atoms with Gasteiger partial charge < -0.3 is 10.5 Å². The van der Waals surface area contributed by atoms with Gasteiger partial charge in [0, 0.05) is 5.54 Å². The second kappa shape index (κ2) is 6.22. The Labute approximate surface area is 123 Å². The van der Waals surface area contributed by atoms with E-state index in [2.05, 4.69) is 0 Å². The summed E-state index contributed by atoms with van der Waals surface area (Å²) >= 11 is 0. The molecule has 0 aliphatic carbocycles. The van der Waals surface area contributed by atoms with Crippen molar-refractivity contribution in [2.24, 2.45) is 5.73 Å². The summed E-state index contributed by atoms with van der Waals surface area (Å²) in [6, 6.07) is 11.0. The van der Waals surface area contributed by atoms with Crippen molar-refractivity contribution in [1.29, 1.82) is 0 Å². The molecule has 0 aliphatic heterocycles. The van der Waals surface area contributed by atoms with E-state index in [0.717, 1.165) is 23.4 Å². The molecular weight excluding hydrogens is 272 g/mol. The van der Waals surface area contributed by atoms with E-state index in [4.69, 9.17) is 10.5 Å². The number of ether oxygens (including phenoxy) is 1. The summed E-state index contributed by atoms with van der Waals surface area (Å²) in [5.41, 5.74) is 6.91. The SMILES string of the molecule is COc1ccc(CC(C)(N)Cc2cc(F)ccc2F)cc1. The smallest absolute Gasteiger partial charge is 0.126 e. The summed E-state index contributed by atoms with van der Waals surface area (Å²) in [4.78, 5) is 0. The van der Waals surface area contributed by atoms with Gasteiger partial charge in [0.15, 0.2) is 0 Å². The monoisotopic (exact) mass is 291 g/mol. The van der Waals surface area contributed by atoms with Crippen LogP contribution in [0.4, 0.5) is 8.78 Å². The van der Waals surface area contributed by atoms with Crippen LogP contribution in [0, 0.1) is 11.6 Å². The summed E-state index contributed by atoms with van der Waals surface area (Å²) < 4.78 is 32.0. The molecule has 0 fully saturated rings. The highest BCUT2D eigenvalue weighted by molar-refractivity contribution is 5.29. The third kappa shape index (κ3) is 4.26. The van der Waals surface area contributed by atoms with E-state index in [1.54, 1.807) is 7.11 Å². The maximum atomic E-state index is 13.7. The molecule has 1 atom stereocenters. The Morgan fingerprint density at radius 2 is 1.71 bits per heavy atom. The third-order valence-corrected chi connectivity index (χ3v) is 3.37. The predicted octanol–water partition coefficient (Wildman–Crippen LogP) is 3.48. The standard InChI is InChI=1S/C17H19F2NO/c1-17(20,10-12-3-6-15(21-2)7-4-12)11-13-9-14(18)5-8-16(13)19/h3-9H,10-11,20H2,1-2H3. The van der Waals surface area contributed by atoms with Gasteiger partial charge in [-0.15, -0.1) is 0 Å². The zero-order valence-corrected chi connectivity index (χ0v) is 12.2. The minimum Gasteiger partial charge on any atom is -0.497 e. The Morgan fingerprint density at radius 1 is 1.05 bits per heavy atom. The van der Waals surface area contributed by atoms with E-state index in [1.807, 2.05) is 31.2 Å². The van der Waals surface area contributed by atoms with Gasteiger partial charge in [0.05, 0.1) is 7.11 Å². The van der Waals surface area contributed by atoms with E-state index >= 15 is 0 Å². The lowest BCUT2D eigenvalue weighted by molar-refractivity contribution is 0.414. The highest BCUT2D eigenvalue weighted by atomic mass is 19.1. The average Bonchev–Trinajstić information content (AvgIpc) is 2.43. The van der Waals surface area contributed by atoms with Gasteiger partial charge in [0.2, 0.25) is 0 Å². The van der Waals surface area contributed by atoms with Crippen LogP contribution < -0.4 is 10.5 Å². The number of hydrogen-bond acceptors (Lipinski definition) is 2. The Balaban J connectivity index is 2.11. The second-order valence-electron chi connectivity index (χ2n) is 5.59. The molecule has 2 rings (SSSR count). The zero-order chi connectivity index (χ0) is 15.5. The van der Waals surface area contributed by atoms with Crippen molar-refractivity contribution < 1.29 is 13.5 Å². The molecule has 0 bridgehead atoms. The van der Waals surface area contributed by atoms with E-state index in [9.17, 15) is 8.78 Å². The molecule has 0 saturated heterocycles. The maximum absolute atomic E-state index is 13.7. The number of benzene rings is 2. The van der Waals surface area contributed by atoms with Gasteiger partial charge in [0.25, 0.3) is 0 Å². The van der Waals surface area contributed by atoms with Gasteiger partial charge in [-0.25, -0.2) is 8.78 Å². The maximum Gasteiger partial charge on any atom is 0.126 e. The molecule has 2 nitrogen and oxygen atoms in total. The Morgan fingerprint density at radius 3 is 2.33 bits per heavy atom. The highest BCUT2D eigenvalue weighted by Crippen LogP contribution is 2.21. The van der Waals surface area contributed by atoms with Gasteiger partial charge in [-0.1, -0.05) is 12.1 Å². The van der Waals surface area contributed by atoms with E-state index < -0.39 is 17.2 Å². The van der Waals surface area contributed by atoms with Crippen molar-refractivity contribution in [3.05, 3.63) is 65.2 Å². The third-order valence-electron chi connectivity index (χ3n) is 3.37. The fourth-order valence-electron chi connectivity index (χ4n) is 2.39. The van der Waals surface area contributed by atoms with Crippen LogP contribution in [0.15, 0.2) is 42.5 Å².